The van der Waals surface area contributed by atoms with Gasteiger partial charge in [-0.25, -0.2) is 4.79 Å². The summed E-state index contributed by atoms with van der Waals surface area (Å²) in [6, 6.07) is -4.75. The monoisotopic (exact) mass is 587 g/mol. The standard InChI is InChI=1S/C22H41N11O8/c1-11(17(37)33-14(20(40)41)5-3-9-29-22(26)27)31-15(34)10-30-19(39)13(4-2-8-28-21(24)25)32-18(38)12(23)6-7-16(35)36/h11-14H,2-10,23H2,1H3,(H,30,39)(H,31,34)(H,32,38)(H,33,37)(H,35,36)(H,40,41)(H4,24,25,28)(H4,26,27,29). The Kier molecular flexibility index (Phi) is 17.2. The van der Waals surface area contributed by atoms with Crippen LogP contribution in [0.25, 0.3) is 0 Å². The average Bonchev–Trinajstić information content (AvgIpc) is 2.88. The summed E-state index contributed by atoms with van der Waals surface area (Å²) in [6.07, 6.45) is 0.111. The number of carbonyl (C=O) groups excluding carboxylic acids is 4. The molecule has 0 aromatic rings. The molecule has 41 heavy (non-hydrogen) atoms. The Labute approximate surface area is 236 Å². The van der Waals surface area contributed by atoms with Gasteiger partial charge in [-0.15, -0.1) is 0 Å². The third kappa shape index (κ3) is 17.5. The third-order valence-corrected chi connectivity index (χ3v) is 5.34. The van der Waals surface area contributed by atoms with Gasteiger partial charge in [0.1, 0.15) is 18.1 Å². The molecule has 4 atom stereocenters. The van der Waals surface area contributed by atoms with Crippen LogP contribution in [0.5, 0.6) is 0 Å². The molecule has 0 saturated heterocycles. The number of nitrogens with two attached hydrogens (primary N) is 5. The molecular formula is C22H41N11O8. The lowest BCUT2D eigenvalue weighted by Gasteiger charge is -2.21. The lowest BCUT2D eigenvalue weighted by atomic mass is 10.1. The van der Waals surface area contributed by atoms with Gasteiger partial charge in [0.05, 0.1) is 12.6 Å². The molecule has 0 aliphatic heterocycles. The van der Waals surface area contributed by atoms with Crippen LogP contribution in [0, 0.1) is 0 Å². The number of amides is 4. The van der Waals surface area contributed by atoms with Gasteiger partial charge in [0.15, 0.2) is 11.9 Å². The highest BCUT2D eigenvalue weighted by molar-refractivity contribution is 5.94. The Morgan fingerprint density at radius 3 is 1.73 bits per heavy atom. The minimum absolute atomic E-state index is 0.0326. The summed E-state index contributed by atoms with van der Waals surface area (Å²) in [4.78, 5) is 79.5. The zero-order valence-electron chi connectivity index (χ0n) is 22.8. The number of nitrogens with one attached hydrogen (secondary N) is 4. The number of rotatable bonds is 20. The maximum Gasteiger partial charge on any atom is 0.326 e. The first-order valence-electron chi connectivity index (χ1n) is 12.6. The van der Waals surface area contributed by atoms with Gasteiger partial charge < -0.3 is 60.1 Å². The number of carbonyl (C=O) groups is 6. The topological polar surface area (TPSA) is 346 Å². The molecule has 0 bridgehead atoms. The average molecular weight is 588 g/mol. The van der Waals surface area contributed by atoms with Crippen LogP contribution in [-0.2, 0) is 28.8 Å². The minimum Gasteiger partial charge on any atom is -0.481 e. The first-order chi connectivity index (χ1) is 19.1. The number of aliphatic imine (C=N–C) groups is 2. The smallest absolute Gasteiger partial charge is 0.326 e. The summed E-state index contributed by atoms with van der Waals surface area (Å²) < 4.78 is 0. The molecular weight excluding hydrogens is 546 g/mol. The number of hydrogen-bond acceptors (Lipinski definition) is 9. The Hall–Kier alpha value is -4.68. The second-order valence-electron chi connectivity index (χ2n) is 8.90. The van der Waals surface area contributed by atoms with E-state index in [1.54, 1.807) is 0 Å². The van der Waals surface area contributed by atoms with Crippen LogP contribution in [0.4, 0.5) is 0 Å². The van der Waals surface area contributed by atoms with E-state index >= 15 is 0 Å². The third-order valence-electron chi connectivity index (χ3n) is 5.34. The molecule has 0 radical (unpaired) electrons. The SMILES string of the molecule is CC(NC(=O)CNC(=O)C(CCCN=C(N)N)NC(=O)C(N)CCC(=O)O)C(=O)NC(CCCN=C(N)N)C(=O)O. The molecule has 4 unspecified atom stereocenters. The van der Waals surface area contributed by atoms with E-state index < -0.39 is 66.3 Å². The van der Waals surface area contributed by atoms with Gasteiger partial charge in [0.25, 0.3) is 0 Å². The van der Waals surface area contributed by atoms with Crippen molar-refractivity contribution in [1.82, 2.24) is 21.3 Å². The second kappa shape index (κ2) is 19.4. The van der Waals surface area contributed by atoms with Crippen LogP contribution in [-0.4, -0.2) is 102 Å². The summed E-state index contributed by atoms with van der Waals surface area (Å²) in [7, 11) is 0. The van der Waals surface area contributed by atoms with E-state index in [1.807, 2.05) is 0 Å². The zero-order valence-corrected chi connectivity index (χ0v) is 22.8. The highest BCUT2D eigenvalue weighted by atomic mass is 16.4. The van der Waals surface area contributed by atoms with Crippen LogP contribution in [0.1, 0.15) is 45.4 Å². The van der Waals surface area contributed by atoms with Gasteiger partial charge >= 0.3 is 11.9 Å². The quantitative estimate of drug-likeness (QED) is 0.0361. The van der Waals surface area contributed by atoms with Crippen molar-refractivity contribution in [2.45, 2.75) is 69.6 Å². The Bertz CT molecular complexity index is 981. The molecule has 19 nitrogen and oxygen atoms in total. The fourth-order valence-corrected chi connectivity index (χ4v) is 3.17. The largest absolute Gasteiger partial charge is 0.481 e. The maximum absolute atomic E-state index is 12.7. The van der Waals surface area contributed by atoms with Crippen LogP contribution in [0.2, 0.25) is 0 Å². The fraction of sp³-hybridized carbons (Fsp3) is 0.636. The van der Waals surface area contributed by atoms with Crippen molar-refractivity contribution in [3.05, 3.63) is 0 Å². The molecule has 16 N–H and O–H groups in total. The van der Waals surface area contributed by atoms with Crippen LogP contribution in [0.3, 0.4) is 0 Å². The van der Waals surface area contributed by atoms with Crippen LogP contribution in [0.15, 0.2) is 9.98 Å². The first-order valence-corrected chi connectivity index (χ1v) is 12.6. The fourth-order valence-electron chi connectivity index (χ4n) is 3.17. The van der Waals surface area contributed by atoms with Crippen molar-refractivity contribution in [2.24, 2.45) is 38.7 Å². The molecule has 0 aromatic heterocycles. The van der Waals surface area contributed by atoms with Crippen molar-refractivity contribution in [1.29, 1.82) is 0 Å². The maximum atomic E-state index is 12.7. The lowest BCUT2D eigenvalue weighted by molar-refractivity contribution is -0.142. The molecule has 4 amide bonds. The van der Waals surface area contributed by atoms with E-state index in [0.29, 0.717) is 0 Å². The van der Waals surface area contributed by atoms with E-state index in [9.17, 15) is 33.9 Å². The summed E-state index contributed by atoms with van der Waals surface area (Å²) in [5.41, 5.74) is 26.6. The van der Waals surface area contributed by atoms with Gasteiger partial charge in [0.2, 0.25) is 23.6 Å². The molecule has 0 saturated carbocycles. The Balaban J connectivity index is 5.00. The van der Waals surface area contributed by atoms with E-state index in [0.717, 1.165) is 0 Å². The molecule has 0 rings (SSSR count). The molecule has 232 valence electrons. The van der Waals surface area contributed by atoms with Crippen molar-refractivity contribution in [3.63, 3.8) is 0 Å². The molecule has 0 spiro atoms. The van der Waals surface area contributed by atoms with Crippen molar-refractivity contribution < 1.29 is 39.0 Å². The first kappa shape index (κ1) is 36.3. The summed E-state index contributed by atoms with van der Waals surface area (Å²) >= 11 is 0. The zero-order chi connectivity index (χ0) is 31.5. The Morgan fingerprint density at radius 2 is 1.24 bits per heavy atom. The van der Waals surface area contributed by atoms with E-state index in [1.165, 1.54) is 6.92 Å². The van der Waals surface area contributed by atoms with E-state index in [2.05, 4.69) is 31.3 Å². The van der Waals surface area contributed by atoms with E-state index in [-0.39, 0.29) is 63.5 Å². The summed E-state index contributed by atoms with van der Waals surface area (Å²) in [5.74, 6) is -5.82. The summed E-state index contributed by atoms with van der Waals surface area (Å²) in [5, 5.41) is 27.5. The normalized spacial score (nSPS) is 13.3. The number of aliphatic carboxylic acids is 2. The van der Waals surface area contributed by atoms with Crippen LogP contribution >= 0.6 is 0 Å². The van der Waals surface area contributed by atoms with Gasteiger partial charge in [-0.1, -0.05) is 0 Å². The second-order valence-corrected chi connectivity index (χ2v) is 8.90. The molecule has 0 aromatic carbocycles. The van der Waals surface area contributed by atoms with Gasteiger partial charge in [-0.2, -0.15) is 0 Å². The highest BCUT2D eigenvalue weighted by Crippen LogP contribution is 2.02. The lowest BCUT2D eigenvalue weighted by Crippen LogP contribution is -2.54. The van der Waals surface area contributed by atoms with Crippen LogP contribution < -0.4 is 49.9 Å². The van der Waals surface area contributed by atoms with Crippen molar-refractivity contribution in [3.8, 4) is 0 Å². The Morgan fingerprint density at radius 1 is 0.732 bits per heavy atom. The van der Waals surface area contributed by atoms with E-state index in [4.69, 9.17) is 33.8 Å². The summed E-state index contributed by atoms with van der Waals surface area (Å²) in [6.45, 7) is 1.05. The molecule has 0 fully saturated rings. The van der Waals surface area contributed by atoms with Crippen molar-refractivity contribution >= 4 is 47.5 Å². The number of hydrogen-bond donors (Lipinski definition) is 11. The molecule has 0 aliphatic carbocycles. The molecule has 19 heteroatoms. The van der Waals surface area contributed by atoms with Crippen molar-refractivity contribution in [2.75, 3.05) is 19.6 Å². The number of carboxylic acid groups (broad SMARTS) is 2. The molecule has 0 aliphatic rings. The molecule has 0 heterocycles. The predicted molar refractivity (Wildman–Crippen MR) is 147 cm³/mol. The number of carboxylic acids is 2. The predicted octanol–water partition coefficient (Wildman–Crippen LogP) is -5.04. The van der Waals surface area contributed by atoms with Gasteiger partial charge in [-0.05, 0) is 39.0 Å². The number of guanidine groups is 2. The van der Waals surface area contributed by atoms with Gasteiger partial charge in [0, 0.05) is 19.5 Å². The van der Waals surface area contributed by atoms with Gasteiger partial charge in [-0.3, -0.25) is 34.0 Å². The number of nitrogens with zero attached hydrogens (tertiary/aromatic N) is 2. The minimum atomic E-state index is -1.29. The highest BCUT2D eigenvalue weighted by Gasteiger charge is 2.26.